The average Bonchev–Trinajstić information content (AvgIpc) is 2.83. The van der Waals surface area contributed by atoms with Crippen molar-refractivity contribution in [2.45, 2.75) is 52.4 Å². The molecule has 0 bridgehead atoms. The smallest absolute Gasteiger partial charge is 0.00881 e. The molecule has 17 heavy (non-hydrogen) atoms. The fourth-order valence-corrected chi connectivity index (χ4v) is 2.90. The summed E-state index contributed by atoms with van der Waals surface area (Å²) in [5, 5.41) is 0. The van der Waals surface area contributed by atoms with E-state index >= 15 is 0 Å². The molecule has 0 saturated heterocycles. The number of allylic oxidation sites excluding steroid dienone is 1. The van der Waals surface area contributed by atoms with Crippen LogP contribution in [0.1, 0.15) is 56.2 Å². The van der Waals surface area contributed by atoms with Crippen LogP contribution in [0.3, 0.4) is 0 Å². The summed E-state index contributed by atoms with van der Waals surface area (Å²) in [6.07, 6.45) is 12.4. The summed E-state index contributed by atoms with van der Waals surface area (Å²) in [6.45, 7) is 4.63. The van der Waals surface area contributed by atoms with Gasteiger partial charge in [-0.2, -0.15) is 0 Å². The molecule has 1 atom stereocenters. The van der Waals surface area contributed by atoms with Gasteiger partial charge in [0.1, 0.15) is 0 Å². The van der Waals surface area contributed by atoms with Crippen molar-refractivity contribution in [2.24, 2.45) is 5.92 Å². The first-order chi connectivity index (χ1) is 8.35. The quantitative estimate of drug-likeness (QED) is 0.641. The molecule has 0 amide bonds. The normalized spacial score (nSPS) is 14.9. The van der Waals surface area contributed by atoms with Crippen LogP contribution in [0.25, 0.3) is 6.08 Å². The Morgan fingerprint density at radius 1 is 1.18 bits per heavy atom. The maximum absolute atomic E-state index is 2.33. The Balaban J connectivity index is 1.99. The lowest BCUT2D eigenvalue weighted by molar-refractivity contribution is 0.432. The van der Waals surface area contributed by atoms with Gasteiger partial charge in [-0.25, -0.2) is 0 Å². The van der Waals surface area contributed by atoms with Gasteiger partial charge < -0.3 is 0 Å². The first kappa shape index (κ1) is 12.4. The van der Waals surface area contributed by atoms with E-state index in [4.69, 9.17) is 0 Å². The van der Waals surface area contributed by atoms with Gasteiger partial charge in [-0.05, 0) is 41.9 Å². The van der Waals surface area contributed by atoms with Crippen LogP contribution in [0.5, 0.6) is 0 Å². The summed E-state index contributed by atoms with van der Waals surface area (Å²) in [6, 6.07) is 6.80. The molecule has 0 unspecified atom stereocenters. The highest BCUT2D eigenvalue weighted by Gasteiger charge is 2.11. The molecule has 0 radical (unpaired) electrons. The molecule has 92 valence electrons. The van der Waals surface area contributed by atoms with E-state index in [-0.39, 0.29) is 0 Å². The van der Waals surface area contributed by atoms with Gasteiger partial charge in [0.05, 0.1) is 0 Å². The largest absolute Gasteiger partial charge is 0.0795 e. The first-order valence-electron chi connectivity index (χ1n) is 7.12. The summed E-state index contributed by atoms with van der Waals surface area (Å²) in [5.41, 5.74) is 4.59. The predicted octanol–water partition coefficient (Wildman–Crippen LogP) is 5.01. The average molecular weight is 228 g/mol. The number of hydrogen-bond donors (Lipinski definition) is 0. The van der Waals surface area contributed by atoms with Crippen LogP contribution >= 0.6 is 0 Å². The number of fused-ring (bicyclic) bond motifs is 1. The Kier molecular flexibility index (Phi) is 4.42. The van der Waals surface area contributed by atoms with Gasteiger partial charge in [-0.1, -0.05) is 63.5 Å². The lowest BCUT2D eigenvalue weighted by Crippen LogP contribution is -2.02. The van der Waals surface area contributed by atoms with Crippen molar-refractivity contribution in [1.82, 2.24) is 0 Å². The zero-order valence-electron chi connectivity index (χ0n) is 11.2. The molecule has 1 aromatic carbocycles. The molecule has 0 N–H and O–H groups in total. The minimum Gasteiger partial charge on any atom is -0.0795 e. The third-order valence-corrected chi connectivity index (χ3v) is 4.01. The lowest BCUT2D eigenvalue weighted by atomic mass is 9.91. The van der Waals surface area contributed by atoms with E-state index in [1.807, 2.05) is 0 Å². The molecular weight excluding hydrogens is 204 g/mol. The fourth-order valence-electron chi connectivity index (χ4n) is 2.90. The number of benzene rings is 1. The van der Waals surface area contributed by atoms with E-state index in [0.29, 0.717) is 0 Å². The van der Waals surface area contributed by atoms with Crippen molar-refractivity contribution in [3.8, 4) is 0 Å². The number of rotatable bonds is 6. The summed E-state index contributed by atoms with van der Waals surface area (Å²) in [5.74, 6) is 0.918. The van der Waals surface area contributed by atoms with E-state index in [1.165, 1.54) is 43.2 Å². The molecule has 2 rings (SSSR count). The lowest BCUT2D eigenvalue weighted by Gasteiger charge is -2.15. The van der Waals surface area contributed by atoms with E-state index in [1.54, 1.807) is 5.56 Å². The molecule has 0 fully saturated rings. The monoisotopic (exact) mass is 228 g/mol. The van der Waals surface area contributed by atoms with Crippen LogP contribution in [-0.4, -0.2) is 0 Å². The molecule has 0 aromatic heterocycles. The molecular formula is C17H24. The van der Waals surface area contributed by atoms with Crippen LogP contribution in [0.4, 0.5) is 0 Å². The molecule has 1 aliphatic carbocycles. The summed E-state index contributed by atoms with van der Waals surface area (Å²) in [4.78, 5) is 0. The van der Waals surface area contributed by atoms with Gasteiger partial charge in [0.25, 0.3) is 0 Å². The van der Waals surface area contributed by atoms with Gasteiger partial charge in [0.2, 0.25) is 0 Å². The third-order valence-electron chi connectivity index (χ3n) is 4.01. The molecule has 0 spiro atoms. The van der Waals surface area contributed by atoms with Crippen LogP contribution in [-0.2, 0) is 12.8 Å². The van der Waals surface area contributed by atoms with Gasteiger partial charge in [-0.15, -0.1) is 0 Å². The second-order valence-corrected chi connectivity index (χ2v) is 5.20. The molecule has 1 aromatic rings. The minimum absolute atomic E-state index is 0.918. The van der Waals surface area contributed by atoms with Crippen molar-refractivity contribution >= 4 is 6.08 Å². The van der Waals surface area contributed by atoms with Crippen LogP contribution < -0.4 is 0 Å². The van der Waals surface area contributed by atoms with Gasteiger partial charge >= 0.3 is 0 Å². The maximum atomic E-state index is 2.33. The van der Waals surface area contributed by atoms with Crippen molar-refractivity contribution in [2.75, 3.05) is 0 Å². The van der Waals surface area contributed by atoms with Crippen molar-refractivity contribution in [3.05, 3.63) is 41.0 Å². The van der Waals surface area contributed by atoms with E-state index in [0.717, 1.165) is 12.3 Å². The van der Waals surface area contributed by atoms with E-state index in [2.05, 4.69) is 44.2 Å². The molecule has 0 aliphatic heterocycles. The van der Waals surface area contributed by atoms with Crippen LogP contribution in [0.15, 0.2) is 24.3 Å². The van der Waals surface area contributed by atoms with Gasteiger partial charge in [-0.3, -0.25) is 0 Å². The topological polar surface area (TPSA) is 0 Å². The Bertz CT molecular complexity index is 387. The van der Waals surface area contributed by atoms with Gasteiger partial charge in [0.15, 0.2) is 0 Å². The number of hydrogen-bond acceptors (Lipinski definition) is 0. The van der Waals surface area contributed by atoms with Crippen molar-refractivity contribution < 1.29 is 0 Å². The van der Waals surface area contributed by atoms with Gasteiger partial charge in [0, 0.05) is 0 Å². The van der Waals surface area contributed by atoms with Crippen molar-refractivity contribution in [1.29, 1.82) is 0 Å². The second kappa shape index (κ2) is 6.05. The zero-order valence-corrected chi connectivity index (χ0v) is 11.2. The second-order valence-electron chi connectivity index (χ2n) is 5.20. The summed E-state index contributed by atoms with van der Waals surface area (Å²) < 4.78 is 0. The van der Waals surface area contributed by atoms with Crippen LogP contribution in [0, 0.1) is 5.92 Å². The Hall–Kier alpha value is -1.04. The fraction of sp³-hybridized carbons (Fsp3) is 0.529. The summed E-state index contributed by atoms with van der Waals surface area (Å²) >= 11 is 0. The number of aryl methyl sites for hydroxylation is 1. The molecule has 0 nitrogen and oxygen atoms in total. The van der Waals surface area contributed by atoms with Crippen LogP contribution in [0.2, 0.25) is 0 Å². The third kappa shape index (κ3) is 3.00. The Morgan fingerprint density at radius 2 is 2.06 bits per heavy atom. The molecule has 0 heterocycles. The maximum Gasteiger partial charge on any atom is -0.00881 e. The Labute approximate surface area is 106 Å². The van der Waals surface area contributed by atoms with E-state index < -0.39 is 0 Å². The highest BCUT2D eigenvalue weighted by molar-refractivity contribution is 5.63. The standard InChI is InChI=1S/C17H24/c1-3-7-14(4-2)12-13-16-9-5-8-15-10-6-11-17(15)16/h5-6,8-9,11,14H,3-4,7,10,12-13H2,1-2H3/t14-/m1/s1. The Morgan fingerprint density at radius 3 is 2.82 bits per heavy atom. The van der Waals surface area contributed by atoms with E-state index in [9.17, 15) is 0 Å². The first-order valence-corrected chi connectivity index (χ1v) is 7.12. The highest BCUT2D eigenvalue weighted by atomic mass is 14.2. The highest BCUT2D eigenvalue weighted by Crippen LogP contribution is 2.26. The minimum atomic E-state index is 0.918. The SMILES string of the molecule is CCC[C@@H](CC)CCc1cccc2c1C=CC2. The van der Waals surface area contributed by atoms with Crippen molar-refractivity contribution in [3.63, 3.8) is 0 Å². The summed E-state index contributed by atoms with van der Waals surface area (Å²) in [7, 11) is 0. The molecule has 1 aliphatic rings. The zero-order chi connectivity index (χ0) is 12.1. The molecule has 0 heteroatoms. The predicted molar refractivity (Wildman–Crippen MR) is 76.2 cm³/mol. The molecule has 0 saturated carbocycles.